The molecule has 0 saturated heterocycles. The molecule has 0 fully saturated rings. The summed E-state index contributed by atoms with van der Waals surface area (Å²) in [5.74, 6) is 0.423. The van der Waals surface area contributed by atoms with Crippen LogP contribution in [0.3, 0.4) is 0 Å². The van der Waals surface area contributed by atoms with Gasteiger partial charge in [0.25, 0.3) is 5.91 Å². The number of carbonyl (C=O) groups is 1. The molecule has 0 heterocycles. The summed E-state index contributed by atoms with van der Waals surface area (Å²) in [6.45, 7) is 3.94. The first-order valence-electron chi connectivity index (χ1n) is 8.91. The first kappa shape index (κ1) is 17.8. The van der Waals surface area contributed by atoms with Crippen molar-refractivity contribution in [1.29, 1.82) is 0 Å². The van der Waals surface area contributed by atoms with Gasteiger partial charge in [0.1, 0.15) is 5.75 Å². The second-order valence-electron chi connectivity index (χ2n) is 6.56. The van der Waals surface area contributed by atoms with Crippen LogP contribution in [0.5, 0.6) is 5.75 Å². The Morgan fingerprint density at radius 2 is 1.96 bits per heavy atom. The molecule has 0 spiro atoms. The molecule has 0 radical (unpaired) electrons. The van der Waals surface area contributed by atoms with E-state index in [1.165, 1.54) is 24.0 Å². The lowest BCUT2D eigenvalue weighted by molar-refractivity contribution is -0.128. The van der Waals surface area contributed by atoms with E-state index in [1.807, 2.05) is 26.0 Å². The molecule has 25 heavy (non-hydrogen) atoms. The van der Waals surface area contributed by atoms with Gasteiger partial charge in [-0.15, -0.1) is 0 Å². The Bertz CT molecular complexity index is 759. The minimum Gasteiger partial charge on any atom is -0.479 e. The number of halogens is 1. The van der Waals surface area contributed by atoms with Crippen molar-refractivity contribution in [2.24, 2.45) is 0 Å². The zero-order valence-corrected chi connectivity index (χ0v) is 15.5. The van der Waals surface area contributed by atoms with Crippen LogP contribution in [0.1, 0.15) is 49.4 Å². The average Bonchev–Trinajstić information content (AvgIpc) is 3.08. The van der Waals surface area contributed by atoms with E-state index in [2.05, 4.69) is 23.5 Å². The molecule has 1 aliphatic rings. The van der Waals surface area contributed by atoms with Crippen LogP contribution in [-0.2, 0) is 17.6 Å². The summed E-state index contributed by atoms with van der Waals surface area (Å²) in [5, 5.41) is 3.59. The van der Waals surface area contributed by atoms with Crippen molar-refractivity contribution in [3.8, 4) is 5.75 Å². The van der Waals surface area contributed by atoms with E-state index in [0.717, 1.165) is 12.0 Å². The Morgan fingerprint density at radius 3 is 2.72 bits per heavy atom. The maximum absolute atomic E-state index is 12.6. The molecule has 0 saturated carbocycles. The normalized spacial score (nSPS) is 15.3. The van der Waals surface area contributed by atoms with Crippen LogP contribution in [0.2, 0.25) is 5.02 Å². The number of carbonyl (C=O) groups excluding carboxylic acids is 1. The van der Waals surface area contributed by atoms with E-state index in [4.69, 9.17) is 16.3 Å². The van der Waals surface area contributed by atoms with Gasteiger partial charge in [0.15, 0.2) is 6.10 Å². The predicted molar refractivity (Wildman–Crippen MR) is 101 cm³/mol. The third-order valence-corrected chi connectivity index (χ3v) is 5.06. The minimum atomic E-state index is -0.559. The van der Waals surface area contributed by atoms with Crippen LogP contribution in [0.15, 0.2) is 42.5 Å². The molecule has 0 unspecified atom stereocenters. The van der Waals surface area contributed by atoms with Gasteiger partial charge in [0.05, 0.1) is 11.1 Å². The highest BCUT2D eigenvalue weighted by Crippen LogP contribution is 2.27. The number of aryl methyl sites for hydroxylation is 2. The largest absolute Gasteiger partial charge is 0.479 e. The van der Waals surface area contributed by atoms with Gasteiger partial charge in [-0.1, -0.05) is 48.9 Å². The summed E-state index contributed by atoms with van der Waals surface area (Å²) in [6, 6.07) is 13.7. The molecule has 3 nitrogen and oxygen atoms in total. The molecule has 1 amide bonds. The van der Waals surface area contributed by atoms with Crippen molar-refractivity contribution in [3.63, 3.8) is 0 Å². The molecule has 1 aliphatic carbocycles. The molecule has 0 bridgehead atoms. The van der Waals surface area contributed by atoms with Gasteiger partial charge < -0.3 is 10.1 Å². The number of benzene rings is 2. The fourth-order valence-corrected chi connectivity index (χ4v) is 3.45. The van der Waals surface area contributed by atoms with Crippen molar-refractivity contribution >= 4 is 17.5 Å². The summed E-state index contributed by atoms with van der Waals surface area (Å²) >= 11 is 6.13. The number of hydrogen-bond acceptors (Lipinski definition) is 2. The van der Waals surface area contributed by atoms with E-state index >= 15 is 0 Å². The highest BCUT2D eigenvalue weighted by molar-refractivity contribution is 6.32. The van der Waals surface area contributed by atoms with Crippen molar-refractivity contribution in [2.75, 3.05) is 0 Å². The van der Waals surface area contributed by atoms with Gasteiger partial charge in [-0.3, -0.25) is 4.79 Å². The molecule has 2 aromatic carbocycles. The molecule has 1 N–H and O–H groups in total. The number of ether oxygens (including phenoxy) is 1. The zero-order chi connectivity index (χ0) is 17.8. The SMILES string of the molecule is CC[C@H](Oc1ccccc1Cl)C(=O)N[C@H](C)c1ccc2c(c1)CCC2. The number of nitrogens with one attached hydrogen (secondary N) is 1. The van der Waals surface area contributed by atoms with Crippen LogP contribution in [0.25, 0.3) is 0 Å². The molecule has 3 rings (SSSR count). The van der Waals surface area contributed by atoms with Crippen molar-refractivity contribution in [3.05, 3.63) is 64.2 Å². The monoisotopic (exact) mass is 357 g/mol. The number of hydrogen-bond donors (Lipinski definition) is 1. The molecule has 2 aromatic rings. The van der Waals surface area contributed by atoms with Gasteiger partial charge in [0, 0.05) is 0 Å². The van der Waals surface area contributed by atoms with Crippen molar-refractivity contribution in [2.45, 2.75) is 51.7 Å². The molecule has 2 atom stereocenters. The summed E-state index contributed by atoms with van der Waals surface area (Å²) in [5.41, 5.74) is 4.00. The number of para-hydroxylation sites is 1. The second kappa shape index (κ2) is 7.92. The van der Waals surface area contributed by atoms with E-state index in [9.17, 15) is 4.79 Å². The lowest BCUT2D eigenvalue weighted by atomic mass is 10.0. The summed E-state index contributed by atoms with van der Waals surface area (Å²) < 4.78 is 5.82. The molecule has 0 aliphatic heterocycles. The van der Waals surface area contributed by atoms with Crippen molar-refractivity contribution < 1.29 is 9.53 Å². The first-order chi connectivity index (χ1) is 12.1. The van der Waals surface area contributed by atoms with E-state index in [1.54, 1.807) is 12.1 Å². The fourth-order valence-electron chi connectivity index (χ4n) is 3.27. The number of amides is 1. The molecule has 132 valence electrons. The average molecular weight is 358 g/mol. The Balaban J connectivity index is 1.66. The van der Waals surface area contributed by atoms with Gasteiger partial charge >= 0.3 is 0 Å². The van der Waals surface area contributed by atoms with E-state index < -0.39 is 6.10 Å². The summed E-state index contributed by atoms with van der Waals surface area (Å²) in [4.78, 5) is 12.6. The first-order valence-corrected chi connectivity index (χ1v) is 9.29. The van der Waals surface area contributed by atoms with Crippen LogP contribution in [0, 0.1) is 0 Å². The fraction of sp³-hybridized carbons (Fsp3) is 0.381. The predicted octanol–water partition coefficient (Wildman–Crippen LogP) is 4.86. The van der Waals surface area contributed by atoms with Gasteiger partial charge in [-0.2, -0.15) is 0 Å². The van der Waals surface area contributed by atoms with E-state index in [0.29, 0.717) is 17.2 Å². The Kier molecular flexibility index (Phi) is 5.64. The van der Waals surface area contributed by atoms with Gasteiger partial charge in [-0.25, -0.2) is 0 Å². The zero-order valence-electron chi connectivity index (χ0n) is 14.7. The molecular formula is C21H24ClNO2. The maximum Gasteiger partial charge on any atom is 0.261 e. The maximum atomic E-state index is 12.6. The van der Waals surface area contributed by atoms with Crippen LogP contribution < -0.4 is 10.1 Å². The Labute approximate surface area is 154 Å². The van der Waals surface area contributed by atoms with Crippen LogP contribution in [-0.4, -0.2) is 12.0 Å². The lowest BCUT2D eigenvalue weighted by Crippen LogP contribution is -2.39. The van der Waals surface area contributed by atoms with Gasteiger partial charge in [-0.05, 0) is 61.4 Å². The van der Waals surface area contributed by atoms with Crippen LogP contribution in [0.4, 0.5) is 0 Å². The summed E-state index contributed by atoms with van der Waals surface area (Å²) in [6.07, 6.45) is 3.55. The highest BCUT2D eigenvalue weighted by atomic mass is 35.5. The smallest absolute Gasteiger partial charge is 0.261 e. The van der Waals surface area contributed by atoms with E-state index in [-0.39, 0.29) is 11.9 Å². The third kappa shape index (κ3) is 4.16. The number of fused-ring (bicyclic) bond motifs is 1. The number of rotatable bonds is 6. The minimum absolute atomic E-state index is 0.0534. The Hall–Kier alpha value is -2.00. The van der Waals surface area contributed by atoms with Crippen molar-refractivity contribution in [1.82, 2.24) is 5.32 Å². The lowest BCUT2D eigenvalue weighted by Gasteiger charge is -2.21. The quantitative estimate of drug-likeness (QED) is 0.801. The second-order valence-corrected chi connectivity index (χ2v) is 6.96. The Morgan fingerprint density at radius 1 is 1.20 bits per heavy atom. The topological polar surface area (TPSA) is 38.3 Å². The standard InChI is InChI=1S/C21H24ClNO2/c1-3-19(25-20-10-5-4-9-18(20)22)21(24)23-14(2)16-12-11-15-7-6-8-17(15)13-16/h4-5,9-14,19H,3,6-8H2,1-2H3,(H,23,24)/t14-,19+/m1/s1. The summed E-state index contributed by atoms with van der Waals surface area (Å²) in [7, 11) is 0. The molecule has 4 heteroatoms. The molecular weight excluding hydrogens is 334 g/mol. The van der Waals surface area contributed by atoms with Gasteiger partial charge in [0.2, 0.25) is 0 Å². The highest BCUT2D eigenvalue weighted by Gasteiger charge is 2.22. The third-order valence-electron chi connectivity index (χ3n) is 4.75. The van der Waals surface area contributed by atoms with Crippen LogP contribution >= 0.6 is 11.6 Å². The molecule has 0 aromatic heterocycles.